The minimum atomic E-state index is 0.179. The Kier molecular flexibility index (Phi) is 4.31. The summed E-state index contributed by atoms with van der Waals surface area (Å²) < 4.78 is 7.73. The zero-order valence-electron chi connectivity index (χ0n) is 14.3. The van der Waals surface area contributed by atoms with Crippen LogP contribution in [0.25, 0.3) is 11.0 Å². The third-order valence-corrected chi connectivity index (χ3v) is 4.63. The van der Waals surface area contributed by atoms with Crippen LogP contribution in [0.1, 0.15) is 19.4 Å². The molecule has 3 aromatic rings. The van der Waals surface area contributed by atoms with Crippen LogP contribution in [0.3, 0.4) is 0 Å². The second-order valence-corrected chi connectivity index (χ2v) is 6.96. The number of hydrogen-bond donors (Lipinski definition) is 0. The van der Waals surface area contributed by atoms with Gasteiger partial charge in [0, 0.05) is 18.1 Å². The number of hydrogen-bond acceptors (Lipinski definition) is 5. The van der Waals surface area contributed by atoms with Gasteiger partial charge >= 0.3 is 0 Å². The average molecular weight is 358 g/mol. The highest BCUT2D eigenvalue weighted by atomic mass is 35.5. The Morgan fingerprint density at radius 2 is 1.84 bits per heavy atom. The van der Waals surface area contributed by atoms with Crippen molar-refractivity contribution >= 4 is 28.5 Å². The molecule has 1 aliphatic rings. The maximum atomic E-state index is 5.96. The van der Waals surface area contributed by atoms with Crippen LogP contribution in [0.4, 0.5) is 5.82 Å². The number of benzene rings is 1. The molecular weight excluding hydrogens is 338 g/mol. The van der Waals surface area contributed by atoms with Crippen LogP contribution in [0.15, 0.2) is 36.8 Å². The average Bonchev–Trinajstić information content (AvgIpc) is 2.99. The highest BCUT2D eigenvalue weighted by Gasteiger charge is 2.25. The fraction of sp³-hybridized carbons (Fsp3) is 0.389. The first-order valence-electron chi connectivity index (χ1n) is 8.41. The van der Waals surface area contributed by atoms with Crippen molar-refractivity contribution in [1.82, 2.24) is 19.7 Å². The number of aromatic nitrogens is 4. The van der Waals surface area contributed by atoms with Gasteiger partial charge in [0.25, 0.3) is 0 Å². The number of rotatable bonds is 3. The van der Waals surface area contributed by atoms with Crippen LogP contribution >= 0.6 is 11.6 Å². The van der Waals surface area contributed by atoms with Gasteiger partial charge in [0.1, 0.15) is 12.1 Å². The highest BCUT2D eigenvalue weighted by molar-refractivity contribution is 6.30. The van der Waals surface area contributed by atoms with E-state index < -0.39 is 0 Å². The summed E-state index contributed by atoms with van der Waals surface area (Å²) in [6, 6.07) is 7.78. The molecule has 1 aliphatic heterocycles. The second-order valence-electron chi connectivity index (χ2n) is 6.53. The SMILES string of the molecule is CC1CN(c2ncnc3c2cnn3Cc2ccc(Cl)cc2)CC(C)O1. The minimum absolute atomic E-state index is 0.179. The Bertz CT molecular complexity index is 869. The van der Waals surface area contributed by atoms with Gasteiger partial charge in [0.15, 0.2) is 5.65 Å². The highest BCUT2D eigenvalue weighted by Crippen LogP contribution is 2.26. The van der Waals surface area contributed by atoms with Crippen molar-refractivity contribution in [1.29, 1.82) is 0 Å². The second kappa shape index (κ2) is 6.61. The summed E-state index contributed by atoms with van der Waals surface area (Å²) in [7, 11) is 0. The molecule has 1 fully saturated rings. The van der Waals surface area contributed by atoms with E-state index in [-0.39, 0.29) is 12.2 Å². The molecule has 25 heavy (non-hydrogen) atoms. The van der Waals surface area contributed by atoms with Crippen molar-refractivity contribution < 1.29 is 4.74 Å². The molecule has 0 aliphatic carbocycles. The van der Waals surface area contributed by atoms with Crippen molar-refractivity contribution in [2.75, 3.05) is 18.0 Å². The van der Waals surface area contributed by atoms with Gasteiger partial charge in [-0.2, -0.15) is 5.10 Å². The predicted octanol–water partition coefficient (Wildman–Crippen LogP) is 3.14. The summed E-state index contributed by atoms with van der Waals surface area (Å²) in [4.78, 5) is 11.2. The van der Waals surface area contributed by atoms with Crippen LogP contribution in [0, 0.1) is 0 Å². The van der Waals surface area contributed by atoms with Crippen LogP contribution in [0.5, 0.6) is 0 Å². The molecule has 0 saturated carbocycles. The van der Waals surface area contributed by atoms with Crippen LogP contribution in [-0.2, 0) is 11.3 Å². The van der Waals surface area contributed by atoms with Crippen molar-refractivity contribution in [3.63, 3.8) is 0 Å². The summed E-state index contributed by atoms with van der Waals surface area (Å²) >= 11 is 5.96. The first-order chi connectivity index (χ1) is 12.1. The molecule has 2 atom stereocenters. The Hall–Kier alpha value is -2.18. The lowest BCUT2D eigenvalue weighted by Gasteiger charge is -2.36. The summed E-state index contributed by atoms with van der Waals surface area (Å²) in [5.41, 5.74) is 1.97. The largest absolute Gasteiger partial charge is 0.372 e. The molecule has 7 heteroatoms. The zero-order chi connectivity index (χ0) is 17.4. The maximum absolute atomic E-state index is 5.96. The molecule has 130 valence electrons. The molecule has 0 radical (unpaired) electrons. The van der Waals surface area contributed by atoms with Crippen LogP contribution in [-0.4, -0.2) is 45.0 Å². The third-order valence-electron chi connectivity index (χ3n) is 4.38. The molecule has 1 saturated heterocycles. The first-order valence-corrected chi connectivity index (χ1v) is 8.79. The molecular formula is C18H20ClN5O. The third kappa shape index (κ3) is 3.32. The molecule has 1 aromatic carbocycles. The molecule has 2 unspecified atom stereocenters. The van der Waals surface area contributed by atoms with E-state index in [1.807, 2.05) is 35.1 Å². The van der Waals surface area contributed by atoms with Crippen molar-refractivity contribution in [3.8, 4) is 0 Å². The van der Waals surface area contributed by atoms with Gasteiger partial charge in [0.05, 0.1) is 30.3 Å². The molecule has 2 aromatic heterocycles. The smallest absolute Gasteiger partial charge is 0.163 e. The fourth-order valence-corrected chi connectivity index (χ4v) is 3.49. The molecule has 0 amide bonds. The number of morpholine rings is 1. The fourth-order valence-electron chi connectivity index (χ4n) is 3.36. The molecule has 0 N–H and O–H groups in total. The Morgan fingerprint density at radius 3 is 2.56 bits per heavy atom. The van der Waals surface area contributed by atoms with Gasteiger partial charge in [-0.1, -0.05) is 23.7 Å². The molecule has 0 bridgehead atoms. The van der Waals surface area contributed by atoms with Gasteiger partial charge in [-0.15, -0.1) is 0 Å². The molecule has 4 rings (SSSR count). The summed E-state index contributed by atoms with van der Waals surface area (Å²) in [5.74, 6) is 0.925. The van der Waals surface area contributed by atoms with Gasteiger partial charge in [-0.25, -0.2) is 14.6 Å². The van der Waals surface area contributed by atoms with Gasteiger partial charge in [-0.05, 0) is 31.5 Å². The predicted molar refractivity (Wildman–Crippen MR) is 98.1 cm³/mol. The van der Waals surface area contributed by atoms with E-state index in [2.05, 4.69) is 33.8 Å². The quantitative estimate of drug-likeness (QED) is 0.720. The van der Waals surface area contributed by atoms with Crippen molar-refractivity contribution in [2.45, 2.75) is 32.6 Å². The van der Waals surface area contributed by atoms with E-state index in [4.69, 9.17) is 16.3 Å². The maximum Gasteiger partial charge on any atom is 0.163 e. The first kappa shape index (κ1) is 16.3. The molecule has 0 spiro atoms. The summed E-state index contributed by atoms with van der Waals surface area (Å²) in [6.07, 6.45) is 3.82. The lowest BCUT2D eigenvalue weighted by atomic mass is 10.2. The summed E-state index contributed by atoms with van der Waals surface area (Å²) in [5, 5.41) is 6.23. The van der Waals surface area contributed by atoms with Gasteiger partial charge < -0.3 is 9.64 Å². The van der Waals surface area contributed by atoms with E-state index in [1.54, 1.807) is 6.33 Å². The van der Waals surface area contributed by atoms with Gasteiger partial charge in [0.2, 0.25) is 0 Å². The lowest BCUT2D eigenvalue weighted by molar-refractivity contribution is -0.00537. The minimum Gasteiger partial charge on any atom is -0.372 e. The van der Waals surface area contributed by atoms with Crippen LogP contribution in [0.2, 0.25) is 5.02 Å². The van der Waals surface area contributed by atoms with Crippen LogP contribution < -0.4 is 4.90 Å². The Balaban J connectivity index is 1.67. The lowest BCUT2D eigenvalue weighted by Crippen LogP contribution is -2.45. The molecule has 3 heterocycles. The standard InChI is InChI=1S/C18H20ClN5O/c1-12-8-23(9-13(2)25-12)17-16-7-22-24(18(16)21-11-20-17)10-14-3-5-15(19)6-4-14/h3-7,11-13H,8-10H2,1-2H3. The Labute approximate surface area is 151 Å². The molecule has 6 nitrogen and oxygen atoms in total. The van der Waals surface area contributed by atoms with Crippen molar-refractivity contribution in [3.05, 3.63) is 47.4 Å². The van der Waals surface area contributed by atoms with Gasteiger partial charge in [-0.3, -0.25) is 0 Å². The monoisotopic (exact) mass is 357 g/mol. The number of fused-ring (bicyclic) bond motifs is 1. The van der Waals surface area contributed by atoms with E-state index in [1.165, 1.54) is 0 Å². The van der Waals surface area contributed by atoms with E-state index in [0.717, 1.165) is 40.5 Å². The number of halogens is 1. The number of nitrogens with zero attached hydrogens (tertiary/aromatic N) is 5. The number of ether oxygens (including phenoxy) is 1. The topological polar surface area (TPSA) is 56.1 Å². The Morgan fingerprint density at radius 1 is 1.12 bits per heavy atom. The summed E-state index contributed by atoms with van der Waals surface area (Å²) in [6.45, 7) is 6.46. The number of anilines is 1. The zero-order valence-corrected chi connectivity index (χ0v) is 15.0. The van der Waals surface area contributed by atoms with E-state index in [0.29, 0.717) is 6.54 Å². The van der Waals surface area contributed by atoms with E-state index in [9.17, 15) is 0 Å². The van der Waals surface area contributed by atoms with E-state index >= 15 is 0 Å². The normalized spacial score (nSPS) is 21.0. The van der Waals surface area contributed by atoms with Crippen molar-refractivity contribution in [2.24, 2.45) is 0 Å².